The minimum Gasteiger partial charge on any atom is -0.414 e. The summed E-state index contributed by atoms with van der Waals surface area (Å²) in [5, 5.41) is 0.299. The van der Waals surface area contributed by atoms with E-state index in [4.69, 9.17) is 4.43 Å². The Morgan fingerprint density at radius 2 is 1.75 bits per heavy atom. The Labute approximate surface area is 178 Å². The van der Waals surface area contributed by atoms with Crippen LogP contribution in [0.2, 0.25) is 18.1 Å². The maximum atomic E-state index is 7.05. The predicted octanol–water partition coefficient (Wildman–Crippen LogP) is 8.61. The van der Waals surface area contributed by atoms with Crippen molar-refractivity contribution >= 4 is 8.32 Å². The molecule has 164 valence electrons. The van der Waals surface area contributed by atoms with Gasteiger partial charge in [-0.25, -0.2) is 0 Å². The first-order valence-electron chi connectivity index (χ1n) is 11.9. The lowest BCUT2D eigenvalue weighted by molar-refractivity contribution is -0.205. The predicted molar refractivity (Wildman–Crippen MR) is 127 cm³/mol. The van der Waals surface area contributed by atoms with Gasteiger partial charge in [0.05, 0.1) is 0 Å². The summed E-state index contributed by atoms with van der Waals surface area (Å²) < 4.78 is 7.05. The van der Waals surface area contributed by atoms with Gasteiger partial charge < -0.3 is 4.43 Å². The van der Waals surface area contributed by atoms with Crippen LogP contribution in [0.15, 0.2) is 11.6 Å². The molecule has 3 fully saturated rings. The van der Waals surface area contributed by atoms with Gasteiger partial charge in [0.1, 0.15) is 0 Å². The van der Waals surface area contributed by atoms with Gasteiger partial charge in [0, 0.05) is 6.10 Å². The molecule has 2 bridgehead atoms. The van der Waals surface area contributed by atoms with Crippen molar-refractivity contribution in [2.24, 2.45) is 28.6 Å². The van der Waals surface area contributed by atoms with Gasteiger partial charge in [-0.1, -0.05) is 66.5 Å². The van der Waals surface area contributed by atoms with Crippen LogP contribution in [0, 0.1) is 28.6 Å². The Hall–Kier alpha value is -0.0831. The first-order valence-corrected chi connectivity index (χ1v) is 14.8. The highest BCUT2D eigenvalue weighted by Gasteiger charge is 2.63. The molecule has 0 amide bonds. The molecular weight excluding hydrogens is 356 g/mol. The van der Waals surface area contributed by atoms with Crippen molar-refractivity contribution in [1.82, 2.24) is 0 Å². The second-order valence-corrected chi connectivity index (χ2v) is 17.7. The van der Waals surface area contributed by atoms with Crippen molar-refractivity contribution < 1.29 is 4.43 Å². The van der Waals surface area contributed by atoms with E-state index in [9.17, 15) is 0 Å². The molecular formula is C26H50OSi. The Balaban J connectivity index is 2.05. The van der Waals surface area contributed by atoms with E-state index in [-0.39, 0.29) is 0 Å². The molecule has 0 aliphatic heterocycles. The zero-order valence-corrected chi connectivity index (χ0v) is 22.0. The number of allylic oxidation sites excluding steroid dienone is 2. The third-order valence-corrected chi connectivity index (χ3v) is 13.5. The molecule has 28 heavy (non-hydrogen) atoms. The molecule has 3 saturated carbocycles. The van der Waals surface area contributed by atoms with Crippen LogP contribution in [-0.4, -0.2) is 14.4 Å². The second kappa shape index (κ2) is 8.21. The number of fused-ring (bicyclic) bond motifs is 2. The van der Waals surface area contributed by atoms with Crippen LogP contribution < -0.4 is 0 Å². The van der Waals surface area contributed by atoms with Crippen molar-refractivity contribution in [2.75, 3.05) is 0 Å². The van der Waals surface area contributed by atoms with Gasteiger partial charge in [0.25, 0.3) is 0 Å². The third-order valence-electron chi connectivity index (χ3n) is 8.97. The maximum absolute atomic E-state index is 7.05. The van der Waals surface area contributed by atoms with Crippen molar-refractivity contribution in [2.45, 2.75) is 125 Å². The highest BCUT2D eigenvalue weighted by molar-refractivity contribution is 6.74. The fraction of sp³-hybridized carbons (Fsp3) is 0.923. The maximum Gasteiger partial charge on any atom is 0.192 e. The van der Waals surface area contributed by atoms with Crippen molar-refractivity contribution in [3.8, 4) is 0 Å². The Morgan fingerprint density at radius 1 is 1.14 bits per heavy atom. The molecule has 0 aromatic heterocycles. The zero-order valence-electron chi connectivity index (χ0n) is 21.0. The molecule has 0 saturated heterocycles. The minimum atomic E-state index is -1.71. The Bertz CT molecular complexity index is 563. The summed E-state index contributed by atoms with van der Waals surface area (Å²) in [6.45, 7) is 26.6. The normalized spacial score (nSPS) is 33.2. The molecule has 0 aromatic carbocycles. The first-order chi connectivity index (χ1) is 12.6. The van der Waals surface area contributed by atoms with Crippen LogP contribution in [-0.2, 0) is 4.43 Å². The minimum absolute atomic E-state index is 0.299. The molecule has 3 aliphatic carbocycles. The van der Waals surface area contributed by atoms with Crippen molar-refractivity contribution in [3.05, 3.63) is 11.6 Å². The standard InChI is InChI=1S/C26H50OSi/c1-19(2)13-12-14-20(3)15-16-26(9)18-22(21-17-23(26)25(21,7)8)27-28(10,11)24(4,5)6/h13,20-23H,12,14-18H2,1-11H3/t20-,21+,22+,23+,26+/m1/s1. The average molecular weight is 407 g/mol. The highest BCUT2D eigenvalue weighted by Crippen LogP contribution is 2.68. The van der Waals surface area contributed by atoms with Crippen LogP contribution >= 0.6 is 0 Å². The quantitative estimate of drug-likeness (QED) is 0.289. The van der Waals surface area contributed by atoms with Crippen molar-refractivity contribution in [1.29, 1.82) is 0 Å². The summed E-state index contributed by atoms with van der Waals surface area (Å²) in [6.07, 6.45) is 10.9. The van der Waals surface area contributed by atoms with E-state index in [0.29, 0.717) is 22.0 Å². The van der Waals surface area contributed by atoms with E-state index in [0.717, 1.165) is 17.8 Å². The first kappa shape index (κ1) is 24.2. The van der Waals surface area contributed by atoms with E-state index in [1.807, 2.05) is 0 Å². The molecule has 0 spiro atoms. The molecule has 3 rings (SSSR count). The lowest BCUT2D eigenvalue weighted by atomic mass is 9.39. The van der Waals surface area contributed by atoms with E-state index in [2.05, 4.69) is 81.5 Å². The smallest absolute Gasteiger partial charge is 0.192 e. The number of hydrogen-bond acceptors (Lipinski definition) is 1. The number of rotatable bonds is 8. The molecule has 3 aliphatic rings. The Morgan fingerprint density at radius 3 is 2.25 bits per heavy atom. The number of hydrogen-bond donors (Lipinski definition) is 0. The van der Waals surface area contributed by atoms with E-state index < -0.39 is 8.32 Å². The van der Waals surface area contributed by atoms with Gasteiger partial charge in [-0.3, -0.25) is 0 Å². The summed E-state index contributed by atoms with van der Waals surface area (Å²) in [5.41, 5.74) is 2.36. The van der Waals surface area contributed by atoms with Gasteiger partial charge in [-0.05, 0) is 92.7 Å². The third kappa shape index (κ3) is 4.97. The fourth-order valence-corrected chi connectivity index (χ4v) is 7.21. The largest absolute Gasteiger partial charge is 0.414 e. The van der Waals surface area contributed by atoms with Crippen LogP contribution in [0.3, 0.4) is 0 Å². The molecule has 2 heteroatoms. The second-order valence-electron chi connectivity index (χ2n) is 13.0. The lowest BCUT2D eigenvalue weighted by Gasteiger charge is -2.68. The van der Waals surface area contributed by atoms with E-state index in [1.165, 1.54) is 44.1 Å². The molecule has 5 atom stereocenters. The van der Waals surface area contributed by atoms with Crippen molar-refractivity contribution in [3.63, 3.8) is 0 Å². The van der Waals surface area contributed by atoms with Crippen LogP contribution in [0.5, 0.6) is 0 Å². The van der Waals surface area contributed by atoms with Gasteiger partial charge in [-0.15, -0.1) is 0 Å². The summed E-state index contributed by atoms with van der Waals surface area (Å²) in [6, 6.07) is 0. The molecule has 0 heterocycles. The van der Waals surface area contributed by atoms with Crippen LogP contribution in [0.25, 0.3) is 0 Å². The zero-order chi connectivity index (χ0) is 21.5. The Kier molecular flexibility index (Phi) is 7.10. The van der Waals surface area contributed by atoms with E-state index >= 15 is 0 Å². The topological polar surface area (TPSA) is 9.23 Å². The molecule has 0 unspecified atom stereocenters. The van der Waals surface area contributed by atoms with Crippen LogP contribution in [0.1, 0.15) is 101 Å². The highest BCUT2D eigenvalue weighted by atomic mass is 28.4. The van der Waals surface area contributed by atoms with Gasteiger partial charge in [0.2, 0.25) is 0 Å². The van der Waals surface area contributed by atoms with Gasteiger partial charge >= 0.3 is 0 Å². The SMILES string of the molecule is CC(C)=CCC[C@@H](C)CC[C@@]1(C)C[C@H](O[Si](C)(C)C(C)(C)C)[C@@H]2C[C@H]1C2(C)C. The average Bonchev–Trinajstić information content (AvgIpc) is 2.50. The van der Waals surface area contributed by atoms with Gasteiger partial charge in [-0.2, -0.15) is 0 Å². The lowest BCUT2D eigenvalue weighted by Crippen LogP contribution is -2.64. The summed E-state index contributed by atoms with van der Waals surface area (Å²) in [7, 11) is -1.71. The molecule has 1 nitrogen and oxygen atoms in total. The summed E-state index contributed by atoms with van der Waals surface area (Å²) in [5.74, 6) is 2.48. The van der Waals surface area contributed by atoms with E-state index in [1.54, 1.807) is 0 Å². The molecule has 0 N–H and O–H groups in total. The van der Waals surface area contributed by atoms with Crippen LogP contribution in [0.4, 0.5) is 0 Å². The summed E-state index contributed by atoms with van der Waals surface area (Å²) >= 11 is 0. The van der Waals surface area contributed by atoms with Gasteiger partial charge in [0.15, 0.2) is 8.32 Å². The summed E-state index contributed by atoms with van der Waals surface area (Å²) in [4.78, 5) is 0. The molecule has 0 aromatic rings. The monoisotopic (exact) mass is 406 g/mol. The fourth-order valence-electron chi connectivity index (χ4n) is 5.85. The molecule has 0 radical (unpaired) electrons.